The second-order valence-electron chi connectivity index (χ2n) is 10.5. The molecule has 0 N–H and O–H groups in total. The summed E-state index contributed by atoms with van der Waals surface area (Å²) in [6.07, 6.45) is 2.27. The highest BCUT2D eigenvalue weighted by atomic mass is 16.6. The van der Waals surface area contributed by atoms with E-state index in [1.165, 1.54) is 29.5 Å². The van der Waals surface area contributed by atoms with Gasteiger partial charge in [0.2, 0.25) is 0 Å². The van der Waals surface area contributed by atoms with Gasteiger partial charge in [0.25, 0.3) is 0 Å². The lowest BCUT2D eigenvalue weighted by Crippen LogP contribution is -2.48. The number of ether oxygens (including phenoxy) is 2. The summed E-state index contributed by atoms with van der Waals surface area (Å²) in [5.41, 5.74) is 4.36. The standard InChI is InChI=1S/C28H37N2O3/c1-20-6-14-25(15-7-20)32-26(24-12-10-23(11-13-24)22-8-9-22)19-29-16-17-30(21(2)18-29)27(31)33-28(3,4)5/h6-7,10-15,22,26H,8-9,16-19H2,1-5H3/q+1. The lowest BCUT2D eigenvalue weighted by molar-refractivity contribution is -0.458. The number of hydrogen-bond acceptors (Lipinski definition) is 4. The third-order valence-electron chi connectivity index (χ3n) is 6.25. The SMILES string of the molecule is CC1=[N+](C(=O)OC(C)(C)C)CCN(CC(Oc2ccc(C)cc2)c2ccc(C3CC3)cc2)C1. The van der Waals surface area contributed by atoms with E-state index < -0.39 is 5.60 Å². The number of amides is 1. The maximum absolute atomic E-state index is 12.6. The Labute approximate surface area is 198 Å². The highest BCUT2D eigenvalue weighted by Crippen LogP contribution is 2.40. The third kappa shape index (κ3) is 6.44. The fourth-order valence-corrected chi connectivity index (χ4v) is 4.27. The van der Waals surface area contributed by atoms with Crippen molar-refractivity contribution in [1.29, 1.82) is 0 Å². The van der Waals surface area contributed by atoms with Crippen molar-refractivity contribution in [1.82, 2.24) is 4.90 Å². The summed E-state index contributed by atoms with van der Waals surface area (Å²) in [6, 6.07) is 17.2. The molecule has 1 unspecified atom stereocenters. The second-order valence-corrected chi connectivity index (χ2v) is 10.5. The van der Waals surface area contributed by atoms with Crippen molar-refractivity contribution in [3.63, 3.8) is 0 Å². The van der Waals surface area contributed by atoms with Crippen LogP contribution in [0.4, 0.5) is 4.79 Å². The van der Waals surface area contributed by atoms with Crippen molar-refractivity contribution in [2.24, 2.45) is 0 Å². The normalized spacial score (nSPS) is 18.2. The third-order valence-corrected chi connectivity index (χ3v) is 6.25. The average Bonchev–Trinajstić information content (AvgIpc) is 3.59. The van der Waals surface area contributed by atoms with E-state index in [2.05, 4.69) is 48.2 Å². The Hall–Kier alpha value is -2.66. The minimum Gasteiger partial charge on any atom is -0.484 e. The van der Waals surface area contributed by atoms with Crippen molar-refractivity contribution in [3.05, 3.63) is 65.2 Å². The predicted molar refractivity (Wildman–Crippen MR) is 131 cm³/mol. The molecule has 1 heterocycles. The van der Waals surface area contributed by atoms with Gasteiger partial charge < -0.3 is 9.47 Å². The van der Waals surface area contributed by atoms with E-state index in [1.54, 1.807) is 4.58 Å². The van der Waals surface area contributed by atoms with Crippen molar-refractivity contribution in [2.75, 3.05) is 26.2 Å². The molecule has 2 aromatic carbocycles. The molecule has 0 spiro atoms. The van der Waals surface area contributed by atoms with Gasteiger partial charge in [-0.15, -0.1) is 4.58 Å². The first kappa shape index (κ1) is 23.5. The van der Waals surface area contributed by atoms with E-state index in [9.17, 15) is 4.79 Å². The van der Waals surface area contributed by atoms with Gasteiger partial charge in [-0.2, -0.15) is 4.79 Å². The van der Waals surface area contributed by atoms with Gasteiger partial charge in [0.1, 0.15) is 17.5 Å². The van der Waals surface area contributed by atoms with Gasteiger partial charge in [0.05, 0.1) is 13.1 Å². The average molecular weight is 450 g/mol. The van der Waals surface area contributed by atoms with Gasteiger partial charge in [-0.1, -0.05) is 42.0 Å². The Bertz CT molecular complexity index is 999. The maximum atomic E-state index is 12.6. The predicted octanol–water partition coefficient (Wildman–Crippen LogP) is 5.72. The monoisotopic (exact) mass is 449 g/mol. The summed E-state index contributed by atoms with van der Waals surface area (Å²) in [5, 5.41) is 0. The van der Waals surface area contributed by atoms with Crippen LogP contribution in [0.2, 0.25) is 0 Å². The summed E-state index contributed by atoms with van der Waals surface area (Å²) in [7, 11) is 0. The Balaban J connectivity index is 1.49. The number of carbonyl (C=O) groups is 1. The lowest BCUT2D eigenvalue weighted by atomic mass is 10.0. The summed E-state index contributed by atoms with van der Waals surface area (Å²) in [4.78, 5) is 14.9. The van der Waals surface area contributed by atoms with Crippen LogP contribution < -0.4 is 4.74 Å². The minimum absolute atomic E-state index is 0.0816. The number of hydrogen-bond donors (Lipinski definition) is 0. The van der Waals surface area contributed by atoms with Crippen molar-refractivity contribution in [2.45, 2.75) is 65.1 Å². The summed E-state index contributed by atoms with van der Waals surface area (Å²) < 4.78 is 13.8. The molecule has 1 amide bonds. The molecule has 1 atom stereocenters. The molecule has 0 bridgehead atoms. The Morgan fingerprint density at radius 3 is 2.30 bits per heavy atom. The van der Waals surface area contributed by atoms with Crippen LogP contribution in [0.15, 0.2) is 48.5 Å². The molecule has 4 rings (SSSR count). The van der Waals surface area contributed by atoms with Crippen molar-refractivity contribution < 1.29 is 18.8 Å². The first-order valence-electron chi connectivity index (χ1n) is 12.1. The number of rotatable bonds is 6. The molecule has 0 saturated heterocycles. The molecule has 33 heavy (non-hydrogen) atoms. The van der Waals surface area contributed by atoms with E-state index in [4.69, 9.17) is 9.47 Å². The molecule has 2 aliphatic rings. The molecule has 1 aliphatic carbocycles. The van der Waals surface area contributed by atoms with Gasteiger partial charge in [-0.25, -0.2) is 0 Å². The van der Waals surface area contributed by atoms with E-state index in [0.29, 0.717) is 13.1 Å². The zero-order valence-corrected chi connectivity index (χ0v) is 20.6. The first-order chi connectivity index (χ1) is 15.7. The molecule has 1 fully saturated rings. The van der Waals surface area contributed by atoms with Crippen LogP contribution >= 0.6 is 0 Å². The largest absolute Gasteiger partial charge is 0.596 e. The number of aryl methyl sites for hydroxylation is 1. The second kappa shape index (κ2) is 9.68. The zero-order chi connectivity index (χ0) is 23.6. The van der Waals surface area contributed by atoms with Gasteiger partial charge >= 0.3 is 6.09 Å². The highest BCUT2D eigenvalue weighted by Gasteiger charge is 2.33. The topological polar surface area (TPSA) is 41.8 Å². The Morgan fingerprint density at radius 1 is 1.06 bits per heavy atom. The molecular formula is C28H37N2O3+. The maximum Gasteiger partial charge on any atom is 0.596 e. The minimum atomic E-state index is -0.492. The van der Waals surface area contributed by atoms with Crippen LogP contribution in [0.25, 0.3) is 0 Å². The van der Waals surface area contributed by atoms with Crippen molar-refractivity contribution >= 4 is 11.8 Å². The highest BCUT2D eigenvalue weighted by molar-refractivity contribution is 5.83. The van der Waals surface area contributed by atoms with E-state index in [1.807, 2.05) is 39.8 Å². The summed E-state index contributed by atoms with van der Waals surface area (Å²) in [6.45, 7) is 12.7. The fraction of sp³-hybridized carbons (Fsp3) is 0.500. The number of benzene rings is 2. The van der Waals surface area contributed by atoms with Crippen LogP contribution in [0.5, 0.6) is 5.75 Å². The van der Waals surface area contributed by atoms with E-state index in [-0.39, 0.29) is 12.2 Å². The molecule has 1 saturated carbocycles. The van der Waals surface area contributed by atoms with Crippen LogP contribution in [-0.4, -0.2) is 53.1 Å². The number of nitrogens with zero attached hydrogens (tertiary/aromatic N) is 2. The quantitative estimate of drug-likeness (QED) is 0.529. The first-order valence-corrected chi connectivity index (χ1v) is 12.1. The van der Waals surface area contributed by atoms with E-state index in [0.717, 1.165) is 30.5 Å². The molecule has 176 valence electrons. The fourth-order valence-electron chi connectivity index (χ4n) is 4.27. The molecule has 0 radical (unpaired) electrons. The zero-order valence-electron chi connectivity index (χ0n) is 20.6. The molecule has 1 aliphatic heterocycles. The molecule has 0 aromatic heterocycles. The lowest BCUT2D eigenvalue weighted by Gasteiger charge is -2.30. The Kier molecular flexibility index (Phi) is 6.89. The smallest absolute Gasteiger partial charge is 0.484 e. The van der Waals surface area contributed by atoms with Gasteiger partial charge in [0, 0.05) is 13.5 Å². The Morgan fingerprint density at radius 2 is 1.73 bits per heavy atom. The summed E-state index contributed by atoms with van der Waals surface area (Å²) in [5.74, 6) is 1.62. The van der Waals surface area contributed by atoms with Gasteiger partial charge in [0.15, 0.2) is 12.3 Å². The molecule has 5 heteroatoms. The van der Waals surface area contributed by atoms with Crippen LogP contribution in [0.1, 0.15) is 69.2 Å². The van der Waals surface area contributed by atoms with Crippen molar-refractivity contribution in [3.8, 4) is 5.75 Å². The van der Waals surface area contributed by atoms with Gasteiger partial charge in [-0.3, -0.25) is 4.90 Å². The summed E-state index contributed by atoms with van der Waals surface area (Å²) >= 11 is 0. The number of carbonyl (C=O) groups excluding carboxylic acids is 1. The van der Waals surface area contributed by atoms with Crippen LogP contribution in [-0.2, 0) is 4.74 Å². The molecular weight excluding hydrogens is 412 g/mol. The molecule has 2 aromatic rings. The van der Waals surface area contributed by atoms with Gasteiger partial charge in [-0.05, 0) is 69.7 Å². The van der Waals surface area contributed by atoms with Crippen LogP contribution in [0, 0.1) is 6.92 Å². The molecule has 5 nitrogen and oxygen atoms in total. The van der Waals surface area contributed by atoms with Crippen LogP contribution in [0.3, 0.4) is 0 Å². The van der Waals surface area contributed by atoms with E-state index >= 15 is 0 Å².